The lowest BCUT2D eigenvalue weighted by Gasteiger charge is -1.97. The van der Waals surface area contributed by atoms with E-state index in [4.69, 9.17) is 4.42 Å². The Morgan fingerprint density at radius 1 is 1.42 bits per heavy atom. The SMILES string of the molecule is CC(C)c1cc2c(o1)C(=O)CC2. The Labute approximate surface area is 71.6 Å². The Balaban J connectivity index is 2.43. The minimum Gasteiger partial charge on any atom is -0.457 e. The first-order valence-corrected chi connectivity index (χ1v) is 4.34. The zero-order chi connectivity index (χ0) is 8.72. The van der Waals surface area contributed by atoms with Gasteiger partial charge in [-0.05, 0) is 12.5 Å². The van der Waals surface area contributed by atoms with Crippen LogP contribution < -0.4 is 0 Å². The van der Waals surface area contributed by atoms with Crippen molar-refractivity contribution in [3.63, 3.8) is 0 Å². The summed E-state index contributed by atoms with van der Waals surface area (Å²) in [6, 6.07) is 2.02. The number of hydrogen-bond donors (Lipinski definition) is 0. The average molecular weight is 164 g/mol. The molecule has 0 atom stereocenters. The normalized spacial score (nSPS) is 15.8. The zero-order valence-electron chi connectivity index (χ0n) is 7.39. The fourth-order valence-electron chi connectivity index (χ4n) is 1.52. The molecule has 1 aromatic rings. The van der Waals surface area contributed by atoms with Crippen molar-refractivity contribution in [2.45, 2.75) is 32.6 Å². The van der Waals surface area contributed by atoms with Crippen LogP contribution in [0, 0.1) is 0 Å². The molecule has 1 aromatic heterocycles. The van der Waals surface area contributed by atoms with E-state index in [9.17, 15) is 4.79 Å². The van der Waals surface area contributed by atoms with Gasteiger partial charge >= 0.3 is 0 Å². The first-order chi connectivity index (χ1) is 5.68. The largest absolute Gasteiger partial charge is 0.457 e. The number of rotatable bonds is 1. The average Bonchev–Trinajstić information content (AvgIpc) is 2.53. The maximum Gasteiger partial charge on any atom is 0.198 e. The summed E-state index contributed by atoms with van der Waals surface area (Å²) in [5, 5.41) is 0. The van der Waals surface area contributed by atoms with E-state index in [0.29, 0.717) is 18.1 Å². The van der Waals surface area contributed by atoms with Gasteiger partial charge in [0, 0.05) is 17.9 Å². The minimum atomic E-state index is 0.164. The van der Waals surface area contributed by atoms with E-state index in [2.05, 4.69) is 13.8 Å². The maximum atomic E-state index is 11.2. The van der Waals surface area contributed by atoms with Crippen LogP contribution in [-0.2, 0) is 6.42 Å². The van der Waals surface area contributed by atoms with Crippen LogP contribution in [0.5, 0.6) is 0 Å². The highest BCUT2D eigenvalue weighted by molar-refractivity contribution is 5.97. The first-order valence-electron chi connectivity index (χ1n) is 4.34. The number of Topliss-reactive ketones (excluding diaryl/α,β-unsaturated/α-hetero) is 1. The molecule has 0 aromatic carbocycles. The van der Waals surface area contributed by atoms with Crippen LogP contribution in [0.2, 0.25) is 0 Å². The summed E-state index contributed by atoms with van der Waals surface area (Å²) in [6.45, 7) is 4.14. The van der Waals surface area contributed by atoms with Crippen molar-refractivity contribution < 1.29 is 9.21 Å². The molecule has 2 nitrogen and oxygen atoms in total. The molecule has 1 heterocycles. The highest BCUT2D eigenvalue weighted by atomic mass is 16.3. The molecular formula is C10H12O2. The highest BCUT2D eigenvalue weighted by Gasteiger charge is 2.25. The van der Waals surface area contributed by atoms with Crippen molar-refractivity contribution >= 4 is 5.78 Å². The molecule has 0 saturated heterocycles. The van der Waals surface area contributed by atoms with Crippen LogP contribution in [-0.4, -0.2) is 5.78 Å². The van der Waals surface area contributed by atoms with Gasteiger partial charge in [0.1, 0.15) is 5.76 Å². The van der Waals surface area contributed by atoms with E-state index in [1.807, 2.05) is 6.07 Å². The highest BCUT2D eigenvalue weighted by Crippen LogP contribution is 2.28. The zero-order valence-corrected chi connectivity index (χ0v) is 7.39. The van der Waals surface area contributed by atoms with Gasteiger partial charge < -0.3 is 4.42 Å². The van der Waals surface area contributed by atoms with Gasteiger partial charge in [0.2, 0.25) is 0 Å². The number of carbonyl (C=O) groups is 1. The molecule has 0 N–H and O–H groups in total. The molecule has 2 rings (SSSR count). The van der Waals surface area contributed by atoms with Gasteiger partial charge in [0.05, 0.1) is 0 Å². The fraction of sp³-hybridized carbons (Fsp3) is 0.500. The Morgan fingerprint density at radius 3 is 2.75 bits per heavy atom. The smallest absolute Gasteiger partial charge is 0.198 e. The lowest BCUT2D eigenvalue weighted by Crippen LogP contribution is -1.89. The first kappa shape index (κ1) is 7.59. The monoisotopic (exact) mass is 164 g/mol. The Bertz CT molecular complexity index is 321. The molecule has 64 valence electrons. The third kappa shape index (κ3) is 0.986. The van der Waals surface area contributed by atoms with E-state index in [-0.39, 0.29) is 5.78 Å². The minimum absolute atomic E-state index is 0.164. The van der Waals surface area contributed by atoms with Gasteiger partial charge in [-0.1, -0.05) is 13.8 Å². The van der Waals surface area contributed by atoms with Crippen LogP contribution in [0.4, 0.5) is 0 Å². The molecular weight excluding hydrogens is 152 g/mol. The molecule has 0 fully saturated rings. The summed E-state index contributed by atoms with van der Waals surface area (Å²) in [5.74, 6) is 2.09. The maximum absolute atomic E-state index is 11.2. The molecule has 0 saturated carbocycles. The molecule has 0 amide bonds. The van der Waals surface area contributed by atoms with Gasteiger partial charge in [0.15, 0.2) is 11.5 Å². The molecule has 0 radical (unpaired) electrons. The van der Waals surface area contributed by atoms with Crippen LogP contribution in [0.1, 0.15) is 48.1 Å². The second-order valence-corrected chi connectivity index (χ2v) is 3.58. The molecule has 1 aliphatic carbocycles. The molecule has 0 unspecified atom stereocenters. The molecule has 2 heteroatoms. The summed E-state index contributed by atoms with van der Waals surface area (Å²) in [4.78, 5) is 11.2. The van der Waals surface area contributed by atoms with Crippen molar-refractivity contribution in [1.82, 2.24) is 0 Å². The predicted octanol–water partition coefficient (Wildman–Crippen LogP) is 2.53. The second-order valence-electron chi connectivity index (χ2n) is 3.58. The number of furan rings is 1. The lowest BCUT2D eigenvalue weighted by atomic mass is 10.1. The van der Waals surface area contributed by atoms with Crippen LogP contribution >= 0.6 is 0 Å². The number of aryl methyl sites for hydroxylation is 1. The molecule has 12 heavy (non-hydrogen) atoms. The second kappa shape index (κ2) is 2.47. The quantitative estimate of drug-likeness (QED) is 0.638. The third-order valence-electron chi connectivity index (χ3n) is 2.27. The fourth-order valence-corrected chi connectivity index (χ4v) is 1.52. The van der Waals surface area contributed by atoms with E-state index >= 15 is 0 Å². The Kier molecular flexibility index (Phi) is 1.56. The Hall–Kier alpha value is -1.05. The van der Waals surface area contributed by atoms with E-state index in [1.54, 1.807) is 0 Å². The van der Waals surface area contributed by atoms with Crippen molar-refractivity contribution in [1.29, 1.82) is 0 Å². The molecule has 0 bridgehead atoms. The lowest BCUT2D eigenvalue weighted by molar-refractivity contribution is 0.0968. The van der Waals surface area contributed by atoms with Gasteiger partial charge in [-0.2, -0.15) is 0 Å². The van der Waals surface area contributed by atoms with Crippen LogP contribution in [0.3, 0.4) is 0 Å². The summed E-state index contributed by atoms with van der Waals surface area (Å²) in [6.07, 6.45) is 1.50. The summed E-state index contributed by atoms with van der Waals surface area (Å²) in [5.41, 5.74) is 1.10. The number of fused-ring (bicyclic) bond motifs is 1. The van der Waals surface area contributed by atoms with Crippen molar-refractivity contribution in [2.75, 3.05) is 0 Å². The Morgan fingerprint density at radius 2 is 2.17 bits per heavy atom. The molecule has 0 spiro atoms. The topological polar surface area (TPSA) is 30.2 Å². The van der Waals surface area contributed by atoms with Crippen LogP contribution in [0.25, 0.3) is 0 Å². The predicted molar refractivity (Wildman–Crippen MR) is 45.4 cm³/mol. The van der Waals surface area contributed by atoms with Gasteiger partial charge in [0.25, 0.3) is 0 Å². The van der Waals surface area contributed by atoms with E-state index in [1.165, 1.54) is 0 Å². The summed E-state index contributed by atoms with van der Waals surface area (Å²) >= 11 is 0. The standard InChI is InChI=1S/C10H12O2/c1-6(2)9-5-7-3-4-8(11)10(7)12-9/h5-6H,3-4H2,1-2H3. The van der Waals surface area contributed by atoms with E-state index < -0.39 is 0 Å². The summed E-state index contributed by atoms with van der Waals surface area (Å²) < 4.78 is 5.45. The summed E-state index contributed by atoms with van der Waals surface area (Å²) in [7, 11) is 0. The van der Waals surface area contributed by atoms with Gasteiger partial charge in [-0.3, -0.25) is 4.79 Å². The van der Waals surface area contributed by atoms with Crippen molar-refractivity contribution in [2.24, 2.45) is 0 Å². The number of carbonyl (C=O) groups excluding carboxylic acids is 1. The van der Waals surface area contributed by atoms with Crippen molar-refractivity contribution in [3.8, 4) is 0 Å². The third-order valence-corrected chi connectivity index (χ3v) is 2.27. The molecule has 1 aliphatic rings. The van der Waals surface area contributed by atoms with Gasteiger partial charge in [-0.25, -0.2) is 0 Å². The van der Waals surface area contributed by atoms with Crippen molar-refractivity contribution in [3.05, 3.63) is 23.2 Å². The number of ketones is 1. The van der Waals surface area contributed by atoms with E-state index in [0.717, 1.165) is 17.7 Å². The number of hydrogen-bond acceptors (Lipinski definition) is 2. The van der Waals surface area contributed by atoms with Crippen LogP contribution in [0.15, 0.2) is 10.5 Å². The van der Waals surface area contributed by atoms with Gasteiger partial charge in [-0.15, -0.1) is 0 Å². The molecule has 0 aliphatic heterocycles.